The molecular weight excluding hydrogens is 262 g/mol. The molecule has 3 heterocycles. The summed E-state index contributed by atoms with van der Waals surface area (Å²) in [5.74, 6) is 0.854. The fourth-order valence-corrected chi connectivity index (χ4v) is 2.56. The monoisotopic (exact) mass is 273 g/mol. The lowest BCUT2D eigenvalue weighted by Gasteiger charge is -2.03. The minimum absolute atomic E-state index is 0.144. The summed E-state index contributed by atoms with van der Waals surface area (Å²) >= 11 is 1.56. The molecule has 0 radical (unpaired) electrons. The van der Waals surface area contributed by atoms with Crippen molar-refractivity contribution in [3.8, 4) is 11.9 Å². The molecule has 0 unspecified atom stereocenters. The van der Waals surface area contributed by atoms with Crippen LogP contribution in [0.4, 0.5) is 0 Å². The van der Waals surface area contributed by atoms with E-state index in [1.807, 2.05) is 22.0 Å². The second-order valence-electron chi connectivity index (χ2n) is 3.84. The van der Waals surface area contributed by atoms with Gasteiger partial charge in [-0.2, -0.15) is 14.9 Å². The van der Waals surface area contributed by atoms with Gasteiger partial charge in [-0.25, -0.2) is 4.98 Å². The molecule has 0 fully saturated rings. The van der Waals surface area contributed by atoms with E-state index >= 15 is 0 Å². The average Bonchev–Trinajstić information content (AvgIpc) is 3.11. The molecule has 0 aliphatic carbocycles. The van der Waals surface area contributed by atoms with Crippen LogP contribution in [0.1, 0.15) is 18.4 Å². The Labute approximate surface area is 113 Å². The van der Waals surface area contributed by atoms with Gasteiger partial charge in [0.1, 0.15) is 12.4 Å². The summed E-state index contributed by atoms with van der Waals surface area (Å²) in [6.07, 6.45) is 3.49. The number of nitriles is 1. The van der Waals surface area contributed by atoms with Crippen LogP contribution in [0.15, 0.2) is 17.9 Å². The van der Waals surface area contributed by atoms with Crippen LogP contribution in [0, 0.1) is 11.3 Å². The Morgan fingerprint density at radius 1 is 1.53 bits per heavy atom. The van der Waals surface area contributed by atoms with Crippen molar-refractivity contribution >= 4 is 16.3 Å². The van der Waals surface area contributed by atoms with Crippen molar-refractivity contribution < 1.29 is 0 Å². The third kappa shape index (κ3) is 1.99. The Morgan fingerprint density at radius 3 is 3.16 bits per heavy atom. The van der Waals surface area contributed by atoms with Crippen molar-refractivity contribution in [3.05, 3.63) is 29.4 Å². The summed E-state index contributed by atoms with van der Waals surface area (Å²) in [6.45, 7) is 3.61. The maximum atomic E-state index is 8.78. The van der Waals surface area contributed by atoms with E-state index in [4.69, 9.17) is 5.26 Å². The third-order valence-electron chi connectivity index (χ3n) is 2.69. The Kier molecular flexibility index (Phi) is 2.98. The molecule has 0 amide bonds. The molecule has 3 rings (SSSR count). The van der Waals surface area contributed by atoms with Crippen LogP contribution in [0.2, 0.25) is 0 Å². The van der Waals surface area contributed by atoms with Gasteiger partial charge in [-0.05, 0) is 6.54 Å². The zero-order chi connectivity index (χ0) is 13.2. The van der Waals surface area contributed by atoms with Crippen molar-refractivity contribution in [1.82, 2.24) is 29.5 Å². The summed E-state index contributed by atoms with van der Waals surface area (Å²) in [7, 11) is 0. The smallest absolute Gasteiger partial charge is 0.252 e. The van der Waals surface area contributed by atoms with Gasteiger partial charge in [-0.1, -0.05) is 6.92 Å². The summed E-state index contributed by atoms with van der Waals surface area (Å²) in [4.78, 5) is 9.35. The zero-order valence-electron chi connectivity index (χ0n) is 10.2. The Hall–Kier alpha value is -2.24. The van der Waals surface area contributed by atoms with E-state index < -0.39 is 0 Å². The molecule has 7 nitrogen and oxygen atoms in total. The third-order valence-corrected chi connectivity index (χ3v) is 3.45. The second-order valence-corrected chi connectivity index (χ2v) is 4.72. The van der Waals surface area contributed by atoms with Gasteiger partial charge < -0.3 is 5.32 Å². The van der Waals surface area contributed by atoms with E-state index in [0.717, 1.165) is 17.2 Å². The Morgan fingerprint density at radius 2 is 2.42 bits per heavy atom. The van der Waals surface area contributed by atoms with Crippen LogP contribution in [0.3, 0.4) is 0 Å². The summed E-state index contributed by atoms with van der Waals surface area (Å²) in [6, 6.07) is 1.92. The molecule has 0 saturated carbocycles. The molecule has 0 aliphatic heterocycles. The zero-order valence-corrected chi connectivity index (χ0v) is 11.1. The summed E-state index contributed by atoms with van der Waals surface area (Å²) in [5.41, 5.74) is 1.01. The summed E-state index contributed by atoms with van der Waals surface area (Å²) in [5, 5.41) is 18.1. The van der Waals surface area contributed by atoms with Gasteiger partial charge in [-0.3, -0.25) is 4.40 Å². The first-order valence-electron chi connectivity index (χ1n) is 5.80. The van der Waals surface area contributed by atoms with Gasteiger partial charge in [-0.15, -0.1) is 16.4 Å². The van der Waals surface area contributed by atoms with Gasteiger partial charge in [0.05, 0.1) is 5.69 Å². The molecule has 0 atom stereocenters. The van der Waals surface area contributed by atoms with E-state index in [1.165, 1.54) is 6.33 Å². The first-order chi connectivity index (χ1) is 9.33. The first-order valence-corrected chi connectivity index (χ1v) is 6.68. The number of hydrogen-bond acceptors (Lipinski definition) is 6. The van der Waals surface area contributed by atoms with Gasteiger partial charge in [0.25, 0.3) is 5.82 Å². The van der Waals surface area contributed by atoms with Crippen molar-refractivity contribution in [2.75, 3.05) is 6.54 Å². The van der Waals surface area contributed by atoms with Gasteiger partial charge in [0.2, 0.25) is 0 Å². The average molecular weight is 273 g/mol. The largest absolute Gasteiger partial charge is 0.311 e. The van der Waals surface area contributed by atoms with Crippen LogP contribution in [0.5, 0.6) is 0 Å². The number of nitrogens with one attached hydrogen (secondary N) is 1. The second kappa shape index (κ2) is 4.79. The fraction of sp³-hybridized carbons (Fsp3) is 0.273. The molecule has 8 heteroatoms. The van der Waals surface area contributed by atoms with Gasteiger partial charge in [0.15, 0.2) is 10.8 Å². The molecule has 0 bridgehead atoms. The quantitative estimate of drug-likeness (QED) is 0.765. The summed E-state index contributed by atoms with van der Waals surface area (Å²) < 4.78 is 3.57. The van der Waals surface area contributed by atoms with Gasteiger partial charge >= 0.3 is 0 Å². The molecule has 0 spiro atoms. The van der Waals surface area contributed by atoms with Crippen molar-refractivity contribution in [1.29, 1.82) is 5.26 Å². The van der Waals surface area contributed by atoms with E-state index in [0.29, 0.717) is 12.4 Å². The van der Waals surface area contributed by atoms with E-state index in [-0.39, 0.29) is 5.82 Å². The molecule has 0 aromatic carbocycles. The normalized spacial score (nSPS) is 10.9. The molecular formula is C11H11N7S. The highest BCUT2D eigenvalue weighted by Gasteiger charge is 2.15. The first kappa shape index (κ1) is 11.8. The molecule has 3 aromatic rings. The van der Waals surface area contributed by atoms with Crippen LogP contribution in [-0.2, 0) is 6.54 Å². The fourth-order valence-electron chi connectivity index (χ4n) is 1.83. The number of thiazole rings is 1. The number of nitrogens with zero attached hydrogens (tertiary/aromatic N) is 6. The maximum Gasteiger partial charge on any atom is 0.252 e. The predicted octanol–water partition coefficient (Wildman–Crippen LogP) is 0.958. The molecule has 1 N–H and O–H groups in total. The van der Waals surface area contributed by atoms with E-state index in [9.17, 15) is 0 Å². The lowest BCUT2D eigenvalue weighted by atomic mass is 10.4. The highest BCUT2D eigenvalue weighted by molar-refractivity contribution is 7.15. The van der Waals surface area contributed by atoms with Crippen LogP contribution in [-0.4, -0.2) is 30.7 Å². The molecule has 3 aromatic heterocycles. The molecule has 0 aliphatic rings. The van der Waals surface area contributed by atoms with E-state index in [2.05, 4.69) is 27.3 Å². The number of imidazole rings is 1. The van der Waals surface area contributed by atoms with Crippen molar-refractivity contribution in [2.45, 2.75) is 13.5 Å². The number of rotatable bonds is 4. The van der Waals surface area contributed by atoms with Crippen LogP contribution >= 0.6 is 11.3 Å². The molecule has 96 valence electrons. The number of aromatic nitrogens is 5. The minimum Gasteiger partial charge on any atom is -0.311 e. The van der Waals surface area contributed by atoms with Gasteiger partial charge in [0, 0.05) is 18.1 Å². The number of hydrogen-bond donors (Lipinski definition) is 1. The maximum absolute atomic E-state index is 8.78. The SMILES string of the molecule is CCNCc1c(-n2cnc(C#N)n2)nc2sccn12. The molecule has 0 saturated heterocycles. The lowest BCUT2D eigenvalue weighted by Crippen LogP contribution is -2.15. The topological polar surface area (TPSA) is 83.8 Å². The minimum atomic E-state index is 0.144. The van der Waals surface area contributed by atoms with Crippen molar-refractivity contribution in [2.24, 2.45) is 0 Å². The van der Waals surface area contributed by atoms with Crippen molar-refractivity contribution in [3.63, 3.8) is 0 Å². The lowest BCUT2D eigenvalue weighted by molar-refractivity contribution is 0.694. The molecule has 19 heavy (non-hydrogen) atoms. The Bertz CT molecular complexity index is 745. The van der Waals surface area contributed by atoms with E-state index in [1.54, 1.807) is 16.0 Å². The highest BCUT2D eigenvalue weighted by Crippen LogP contribution is 2.19. The van der Waals surface area contributed by atoms with Crippen LogP contribution < -0.4 is 5.32 Å². The Balaban J connectivity index is 2.11. The standard InChI is InChI=1S/C11H11N7S/c1-2-13-6-8-10(15-11-17(8)3-4-19-11)18-7-14-9(5-12)16-18/h3-4,7,13H,2,6H2,1H3. The van der Waals surface area contributed by atoms with Crippen LogP contribution in [0.25, 0.3) is 10.8 Å². The highest BCUT2D eigenvalue weighted by atomic mass is 32.1. The predicted molar refractivity (Wildman–Crippen MR) is 70.1 cm³/mol. The number of fused-ring (bicyclic) bond motifs is 1.